The second kappa shape index (κ2) is 5.69. The Bertz CT molecular complexity index is 640. The van der Waals surface area contributed by atoms with Crippen molar-refractivity contribution < 1.29 is 4.79 Å². The zero-order valence-corrected chi connectivity index (χ0v) is 11.9. The number of hydrogen-bond donors (Lipinski definition) is 1. The molecule has 0 atom stereocenters. The van der Waals surface area contributed by atoms with E-state index in [1.54, 1.807) is 30.1 Å². The van der Waals surface area contributed by atoms with Crippen molar-refractivity contribution in [3.8, 4) is 0 Å². The molecule has 0 fully saturated rings. The van der Waals surface area contributed by atoms with E-state index in [0.29, 0.717) is 23.4 Å². The van der Waals surface area contributed by atoms with Crippen molar-refractivity contribution in [2.75, 3.05) is 17.7 Å². The largest absolute Gasteiger partial charge is 0.399 e. The molecule has 1 heterocycles. The topological polar surface area (TPSA) is 72.1 Å². The lowest BCUT2D eigenvalue weighted by Crippen LogP contribution is -2.28. The molecule has 1 amide bonds. The van der Waals surface area contributed by atoms with Gasteiger partial charge < -0.3 is 10.6 Å². The van der Waals surface area contributed by atoms with E-state index in [1.807, 2.05) is 26.0 Å². The van der Waals surface area contributed by atoms with Crippen molar-refractivity contribution >= 4 is 17.3 Å². The summed E-state index contributed by atoms with van der Waals surface area (Å²) < 4.78 is 0. The molecule has 0 radical (unpaired) electrons. The zero-order valence-electron chi connectivity index (χ0n) is 11.9. The first-order chi connectivity index (χ1) is 9.52. The smallest absolute Gasteiger partial charge is 0.259 e. The van der Waals surface area contributed by atoms with Crippen LogP contribution in [0.15, 0.2) is 30.3 Å². The van der Waals surface area contributed by atoms with Crippen molar-refractivity contribution in [1.82, 2.24) is 10.2 Å². The van der Waals surface area contributed by atoms with Gasteiger partial charge in [-0.05, 0) is 37.6 Å². The molecule has 2 aromatic rings. The van der Waals surface area contributed by atoms with Gasteiger partial charge in [-0.15, -0.1) is 0 Å². The molecule has 0 spiro atoms. The number of carbonyl (C=O) groups excluding carboxylic acids is 1. The van der Waals surface area contributed by atoms with E-state index < -0.39 is 0 Å². The summed E-state index contributed by atoms with van der Waals surface area (Å²) in [4.78, 5) is 14.2. The van der Waals surface area contributed by atoms with Gasteiger partial charge in [-0.2, -0.15) is 10.2 Å². The first-order valence-corrected chi connectivity index (χ1v) is 6.49. The van der Waals surface area contributed by atoms with Crippen LogP contribution in [0.5, 0.6) is 0 Å². The molecule has 1 aromatic carbocycles. The molecule has 0 bridgehead atoms. The first kappa shape index (κ1) is 14.0. The molecular formula is C15H18N4O. The third-order valence-corrected chi connectivity index (χ3v) is 3.12. The highest BCUT2D eigenvalue weighted by molar-refractivity contribution is 6.06. The number of anilines is 2. The predicted octanol–water partition coefficient (Wildman–Crippen LogP) is 2.21. The molecule has 104 valence electrons. The Morgan fingerprint density at radius 3 is 2.70 bits per heavy atom. The summed E-state index contributed by atoms with van der Waals surface area (Å²) in [6.45, 7) is 3.78. The van der Waals surface area contributed by atoms with Crippen molar-refractivity contribution in [2.45, 2.75) is 20.3 Å². The Hall–Kier alpha value is -2.43. The van der Waals surface area contributed by atoms with Gasteiger partial charge in [0.15, 0.2) is 0 Å². The number of aromatic nitrogens is 2. The Labute approximate surface area is 118 Å². The third-order valence-electron chi connectivity index (χ3n) is 3.12. The van der Waals surface area contributed by atoms with Gasteiger partial charge in [0, 0.05) is 18.4 Å². The molecule has 1 aromatic heterocycles. The van der Waals surface area contributed by atoms with Crippen molar-refractivity contribution in [3.63, 3.8) is 0 Å². The van der Waals surface area contributed by atoms with Crippen LogP contribution in [0, 0.1) is 6.92 Å². The average molecular weight is 270 g/mol. The van der Waals surface area contributed by atoms with Crippen LogP contribution in [-0.2, 0) is 6.42 Å². The molecular weight excluding hydrogens is 252 g/mol. The van der Waals surface area contributed by atoms with Crippen LogP contribution in [-0.4, -0.2) is 23.2 Å². The summed E-state index contributed by atoms with van der Waals surface area (Å²) in [5.74, 6) is -0.106. The third kappa shape index (κ3) is 2.77. The minimum atomic E-state index is -0.106. The number of hydrogen-bond acceptors (Lipinski definition) is 4. The summed E-state index contributed by atoms with van der Waals surface area (Å²) in [6.07, 6.45) is 0.666. The van der Waals surface area contributed by atoms with Crippen LogP contribution >= 0.6 is 0 Å². The Kier molecular flexibility index (Phi) is 3.98. The van der Waals surface area contributed by atoms with E-state index in [-0.39, 0.29) is 5.91 Å². The maximum Gasteiger partial charge on any atom is 0.259 e. The SMILES string of the molecule is CCc1nnc(C)cc1C(=O)N(C)c1cccc(N)c1. The number of nitrogens with two attached hydrogens (primary N) is 1. The molecule has 5 nitrogen and oxygen atoms in total. The van der Waals surface area contributed by atoms with Gasteiger partial charge in [0.1, 0.15) is 0 Å². The standard InChI is InChI=1S/C15H18N4O/c1-4-14-13(8-10(2)17-18-14)15(20)19(3)12-7-5-6-11(16)9-12/h5-9H,4,16H2,1-3H3. The van der Waals surface area contributed by atoms with Crippen LogP contribution in [0.4, 0.5) is 11.4 Å². The number of nitrogen functional groups attached to an aromatic ring is 1. The highest BCUT2D eigenvalue weighted by atomic mass is 16.2. The molecule has 20 heavy (non-hydrogen) atoms. The molecule has 0 aliphatic heterocycles. The molecule has 0 saturated heterocycles. The molecule has 2 N–H and O–H groups in total. The van der Waals surface area contributed by atoms with Gasteiger partial charge in [-0.1, -0.05) is 13.0 Å². The summed E-state index contributed by atoms with van der Waals surface area (Å²) in [7, 11) is 1.73. The lowest BCUT2D eigenvalue weighted by molar-refractivity contribution is 0.0991. The summed E-state index contributed by atoms with van der Waals surface area (Å²) in [5, 5.41) is 8.09. The van der Waals surface area contributed by atoms with Gasteiger partial charge in [0.05, 0.1) is 17.0 Å². The molecule has 2 rings (SSSR count). The van der Waals surface area contributed by atoms with E-state index in [9.17, 15) is 4.79 Å². The molecule has 0 unspecified atom stereocenters. The lowest BCUT2D eigenvalue weighted by atomic mass is 10.1. The quantitative estimate of drug-likeness (QED) is 0.868. The number of nitrogens with zero attached hydrogens (tertiary/aromatic N) is 3. The summed E-state index contributed by atoms with van der Waals surface area (Å²) in [6, 6.07) is 9.01. The number of rotatable bonds is 3. The number of carbonyl (C=O) groups is 1. The maximum atomic E-state index is 12.6. The van der Waals surface area contributed by atoms with Crippen molar-refractivity contribution in [1.29, 1.82) is 0 Å². The predicted molar refractivity (Wildman–Crippen MR) is 79.7 cm³/mol. The Morgan fingerprint density at radius 2 is 2.05 bits per heavy atom. The van der Waals surface area contributed by atoms with Crippen molar-refractivity contribution in [3.05, 3.63) is 47.3 Å². The van der Waals surface area contributed by atoms with Gasteiger partial charge in [-0.3, -0.25) is 4.79 Å². The van der Waals surface area contributed by atoms with Gasteiger partial charge in [0.25, 0.3) is 5.91 Å². The Balaban J connectivity index is 2.38. The fourth-order valence-electron chi connectivity index (χ4n) is 1.99. The van der Waals surface area contributed by atoms with E-state index in [2.05, 4.69) is 10.2 Å². The first-order valence-electron chi connectivity index (χ1n) is 6.49. The fourth-order valence-corrected chi connectivity index (χ4v) is 1.99. The average Bonchev–Trinajstić information content (AvgIpc) is 2.45. The van der Waals surface area contributed by atoms with E-state index >= 15 is 0 Å². The van der Waals surface area contributed by atoms with E-state index in [4.69, 9.17) is 5.73 Å². The van der Waals surface area contributed by atoms with Crippen LogP contribution in [0.25, 0.3) is 0 Å². The lowest BCUT2D eigenvalue weighted by Gasteiger charge is -2.19. The number of aryl methyl sites for hydroxylation is 2. The molecule has 0 saturated carbocycles. The van der Waals surface area contributed by atoms with Crippen molar-refractivity contribution in [2.24, 2.45) is 0 Å². The molecule has 0 aliphatic rings. The van der Waals surface area contributed by atoms with Crippen LogP contribution < -0.4 is 10.6 Å². The van der Waals surface area contributed by atoms with Gasteiger partial charge in [-0.25, -0.2) is 0 Å². The van der Waals surface area contributed by atoms with E-state index in [0.717, 1.165) is 11.4 Å². The number of amides is 1. The minimum absolute atomic E-state index is 0.106. The van der Waals surface area contributed by atoms with Crippen LogP contribution in [0.3, 0.4) is 0 Å². The maximum absolute atomic E-state index is 12.6. The normalized spacial score (nSPS) is 10.3. The van der Waals surface area contributed by atoms with Crippen LogP contribution in [0.1, 0.15) is 28.7 Å². The zero-order chi connectivity index (χ0) is 14.7. The van der Waals surface area contributed by atoms with Gasteiger partial charge in [0.2, 0.25) is 0 Å². The van der Waals surface area contributed by atoms with Gasteiger partial charge >= 0.3 is 0 Å². The molecule has 0 aliphatic carbocycles. The van der Waals surface area contributed by atoms with Crippen LogP contribution in [0.2, 0.25) is 0 Å². The number of benzene rings is 1. The minimum Gasteiger partial charge on any atom is -0.399 e. The Morgan fingerprint density at radius 1 is 1.30 bits per heavy atom. The molecule has 5 heteroatoms. The summed E-state index contributed by atoms with van der Waals surface area (Å²) >= 11 is 0. The van der Waals surface area contributed by atoms with E-state index in [1.165, 1.54) is 0 Å². The second-order valence-corrected chi connectivity index (χ2v) is 4.66. The summed E-state index contributed by atoms with van der Waals surface area (Å²) in [5.41, 5.74) is 9.16. The monoisotopic (exact) mass is 270 g/mol. The highest BCUT2D eigenvalue weighted by Gasteiger charge is 2.18. The second-order valence-electron chi connectivity index (χ2n) is 4.66. The highest BCUT2D eigenvalue weighted by Crippen LogP contribution is 2.19. The fraction of sp³-hybridized carbons (Fsp3) is 0.267.